The van der Waals surface area contributed by atoms with E-state index < -0.39 is 0 Å². The third-order valence-electron chi connectivity index (χ3n) is 5.22. The SMILES string of the molecule is COc1ccc([C](c2ccccc2)c2ccc(OC)cc2C(=O)c2ccccc2)cc1. The van der Waals surface area contributed by atoms with Crippen LogP contribution < -0.4 is 9.47 Å². The second-order valence-corrected chi connectivity index (χ2v) is 7.08. The van der Waals surface area contributed by atoms with Crippen LogP contribution in [0.2, 0.25) is 0 Å². The molecule has 0 saturated carbocycles. The van der Waals surface area contributed by atoms with Gasteiger partial charge in [-0.1, -0.05) is 78.9 Å². The van der Waals surface area contributed by atoms with E-state index in [0.717, 1.165) is 28.4 Å². The molecule has 4 aromatic rings. The highest BCUT2D eigenvalue weighted by Crippen LogP contribution is 2.36. The molecule has 0 amide bonds. The monoisotopic (exact) mass is 407 g/mol. The van der Waals surface area contributed by atoms with Gasteiger partial charge in [0.15, 0.2) is 5.78 Å². The van der Waals surface area contributed by atoms with Crippen LogP contribution in [0, 0.1) is 5.92 Å². The average Bonchev–Trinajstić information content (AvgIpc) is 2.85. The number of ketones is 1. The molecule has 0 aliphatic heterocycles. The molecule has 4 aromatic carbocycles. The van der Waals surface area contributed by atoms with E-state index in [-0.39, 0.29) is 5.78 Å². The van der Waals surface area contributed by atoms with Gasteiger partial charge in [0.25, 0.3) is 0 Å². The summed E-state index contributed by atoms with van der Waals surface area (Å²) < 4.78 is 10.8. The molecule has 4 rings (SSSR count). The second kappa shape index (κ2) is 9.31. The summed E-state index contributed by atoms with van der Waals surface area (Å²) in [7, 11) is 3.26. The summed E-state index contributed by atoms with van der Waals surface area (Å²) >= 11 is 0. The molecule has 0 aromatic heterocycles. The molecule has 0 aliphatic carbocycles. The molecule has 1 radical (unpaired) electrons. The number of ether oxygens (including phenoxy) is 2. The van der Waals surface area contributed by atoms with Crippen molar-refractivity contribution >= 4 is 5.78 Å². The van der Waals surface area contributed by atoms with Crippen LogP contribution in [-0.4, -0.2) is 20.0 Å². The maximum atomic E-state index is 13.5. The van der Waals surface area contributed by atoms with E-state index in [9.17, 15) is 4.79 Å². The Labute approximate surface area is 182 Å². The molecule has 0 heterocycles. The Morgan fingerprint density at radius 2 is 1.06 bits per heavy atom. The van der Waals surface area contributed by atoms with Crippen LogP contribution in [0.5, 0.6) is 11.5 Å². The van der Waals surface area contributed by atoms with E-state index >= 15 is 0 Å². The van der Waals surface area contributed by atoms with E-state index in [4.69, 9.17) is 9.47 Å². The van der Waals surface area contributed by atoms with Gasteiger partial charge >= 0.3 is 0 Å². The molecule has 0 fully saturated rings. The largest absolute Gasteiger partial charge is 0.497 e. The normalized spacial score (nSPS) is 10.7. The van der Waals surface area contributed by atoms with Crippen molar-refractivity contribution in [3.8, 4) is 11.5 Å². The van der Waals surface area contributed by atoms with Gasteiger partial charge in [-0.3, -0.25) is 4.79 Å². The summed E-state index contributed by atoms with van der Waals surface area (Å²) in [4.78, 5) is 13.5. The summed E-state index contributed by atoms with van der Waals surface area (Å²) in [6, 6.07) is 33.0. The first-order chi connectivity index (χ1) is 15.2. The molecule has 0 bridgehead atoms. The average molecular weight is 407 g/mol. The first-order valence-corrected chi connectivity index (χ1v) is 10.1. The van der Waals surface area contributed by atoms with Gasteiger partial charge < -0.3 is 9.47 Å². The Hall–Kier alpha value is -3.85. The van der Waals surface area contributed by atoms with Gasteiger partial charge in [0, 0.05) is 11.1 Å². The number of carbonyl (C=O) groups is 1. The van der Waals surface area contributed by atoms with E-state index in [0.29, 0.717) is 16.9 Å². The maximum absolute atomic E-state index is 13.5. The molecule has 153 valence electrons. The predicted molar refractivity (Wildman–Crippen MR) is 123 cm³/mol. The highest BCUT2D eigenvalue weighted by molar-refractivity contribution is 6.10. The number of hydrogen-bond donors (Lipinski definition) is 0. The smallest absolute Gasteiger partial charge is 0.193 e. The molecule has 31 heavy (non-hydrogen) atoms. The van der Waals surface area contributed by atoms with Crippen LogP contribution in [0.4, 0.5) is 0 Å². The van der Waals surface area contributed by atoms with Crippen molar-refractivity contribution in [3.05, 3.63) is 137 Å². The Morgan fingerprint density at radius 1 is 0.548 bits per heavy atom. The van der Waals surface area contributed by atoms with Crippen molar-refractivity contribution in [2.45, 2.75) is 0 Å². The Kier molecular flexibility index (Phi) is 6.13. The van der Waals surface area contributed by atoms with E-state index in [2.05, 4.69) is 12.1 Å². The zero-order valence-corrected chi connectivity index (χ0v) is 17.5. The van der Waals surface area contributed by atoms with Crippen molar-refractivity contribution < 1.29 is 14.3 Å². The minimum atomic E-state index is -0.0450. The number of rotatable bonds is 7. The van der Waals surface area contributed by atoms with Crippen LogP contribution in [-0.2, 0) is 0 Å². The number of hydrogen-bond acceptors (Lipinski definition) is 3. The van der Waals surface area contributed by atoms with Crippen LogP contribution in [0.3, 0.4) is 0 Å². The van der Waals surface area contributed by atoms with Crippen LogP contribution in [0.15, 0.2) is 103 Å². The quantitative estimate of drug-likeness (QED) is 0.280. The lowest BCUT2D eigenvalue weighted by Crippen LogP contribution is -2.12. The molecular formula is C28H23O3. The van der Waals surface area contributed by atoms with Crippen molar-refractivity contribution in [2.75, 3.05) is 14.2 Å². The molecule has 0 unspecified atom stereocenters. The fourth-order valence-corrected chi connectivity index (χ4v) is 3.64. The molecule has 0 N–H and O–H groups in total. The Morgan fingerprint density at radius 3 is 1.65 bits per heavy atom. The maximum Gasteiger partial charge on any atom is 0.193 e. The molecule has 3 heteroatoms. The van der Waals surface area contributed by atoms with Crippen molar-refractivity contribution in [3.63, 3.8) is 0 Å². The predicted octanol–water partition coefficient (Wildman–Crippen LogP) is 5.95. The van der Waals surface area contributed by atoms with Gasteiger partial charge in [-0.2, -0.15) is 0 Å². The third kappa shape index (κ3) is 4.36. The second-order valence-electron chi connectivity index (χ2n) is 7.08. The number of methoxy groups -OCH3 is 2. The first kappa shape index (κ1) is 20.4. The Bertz CT molecular complexity index is 1150. The van der Waals surface area contributed by atoms with Crippen LogP contribution in [0.1, 0.15) is 32.6 Å². The lowest BCUT2D eigenvalue weighted by Gasteiger charge is -2.21. The lowest BCUT2D eigenvalue weighted by atomic mass is 9.81. The van der Waals surface area contributed by atoms with Gasteiger partial charge in [-0.05, 0) is 41.0 Å². The molecule has 0 aliphatic rings. The fraction of sp³-hybridized carbons (Fsp3) is 0.0714. The van der Waals surface area contributed by atoms with Crippen molar-refractivity contribution in [1.29, 1.82) is 0 Å². The van der Waals surface area contributed by atoms with Gasteiger partial charge in [0.1, 0.15) is 11.5 Å². The summed E-state index contributed by atoms with van der Waals surface area (Å²) in [5.74, 6) is 2.36. The third-order valence-corrected chi connectivity index (χ3v) is 5.22. The Balaban J connectivity index is 1.91. The summed E-state index contributed by atoms with van der Waals surface area (Å²) in [6.07, 6.45) is 0. The topological polar surface area (TPSA) is 35.5 Å². The van der Waals surface area contributed by atoms with Gasteiger partial charge in [0.05, 0.1) is 20.1 Å². The van der Waals surface area contributed by atoms with E-state index in [1.54, 1.807) is 14.2 Å². The van der Waals surface area contributed by atoms with E-state index in [1.807, 2.05) is 91.0 Å². The lowest BCUT2D eigenvalue weighted by molar-refractivity contribution is 0.103. The zero-order chi connectivity index (χ0) is 21.6. The van der Waals surface area contributed by atoms with Gasteiger partial charge in [-0.25, -0.2) is 0 Å². The number of benzene rings is 4. The van der Waals surface area contributed by atoms with Crippen molar-refractivity contribution in [2.24, 2.45) is 0 Å². The minimum Gasteiger partial charge on any atom is -0.497 e. The summed E-state index contributed by atoms with van der Waals surface area (Å²) in [5.41, 5.74) is 4.12. The fourth-order valence-electron chi connectivity index (χ4n) is 3.64. The summed E-state index contributed by atoms with van der Waals surface area (Å²) in [6.45, 7) is 0. The molecule has 3 nitrogen and oxygen atoms in total. The highest BCUT2D eigenvalue weighted by atomic mass is 16.5. The standard InChI is InChI=1S/C28H23O3/c1-30-23-15-13-21(14-16-23)27(20-9-5-3-6-10-20)25-18-17-24(31-2)19-26(25)28(29)22-11-7-4-8-12-22/h3-19H,1-2H3. The minimum absolute atomic E-state index is 0.0450. The van der Waals surface area contributed by atoms with Crippen LogP contribution >= 0.6 is 0 Å². The zero-order valence-electron chi connectivity index (χ0n) is 17.5. The van der Waals surface area contributed by atoms with Gasteiger partial charge in [-0.15, -0.1) is 0 Å². The first-order valence-electron chi connectivity index (χ1n) is 10.1. The summed E-state index contributed by atoms with van der Waals surface area (Å²) in [5, 5.41) is 0. The van der Waals surface area contributed by atoms with Gasteiger partial charge in [0.2, 0.25) is 0 Å². The molecule has 0 atom stereocenters. The van der Waals surface area contributed by atoms with E-state index in [1.165, 1.54) is 0 Å². The van der Waals surface area contributed by atoms with Crippen LogP contribution in [0.25, 0.3) is 0 Å². The molecule has 0 saturated heterocycles. The van der Waals surface area contributed by atoms with Crippen molar-refractivity contribution in [1.82, 2.24) is 0 Å². The highest BCUT2D eigenvalue weighted by Gasteiger charge is 2.25. The molecular weight excluding hydrogens is 384 g/mol. The molecule has 0 spiro atoms. The number of carbonyl (C=O) groups excluding carboxylic acids is 1.